The fraction of sp³-hybridized carbons (Fsp3) is 0.455. The molecule has 1 N–H and O–H groups in total. The summed E-state index contributed by atoms with van der Waals surface area (Å²) in [6.07, 6.45) is 0.732. The molecule has 0 saturated carbocycles. The number of hydrogen-bond donors (Lipinski definition) is 1. The van der Waals surface area contributed by atoms with Crippen LogP contribution in [0.2, 0.25) is 0 Å². The van der Waals surface area contributed by atoms with Crippen molar-refractivity contribution in [2.75, 3.05) is 34.0 Å². The monoisotopic (exact) mass is 371 g/mol. The van der Waals surface area contributed by atoms with Gasteiger partial charge in [0.2, 0.25) is 0 Å². The number of morpholine rings is 1. The largest absolute Gasteiger partial charge is 0.493 e. The number of aliphatic hydroxyl groups excluding tert-OH is 1. The lowest BCUT2D eigenvalue weighted by molar-refractivity contribution is -0.0961. The SMILES string of the molecule is CCc1ccccc1CN1CCO[C@H](CO)[C@H]1c1ccc(OC)c(OC)c1. The van der Waals surface area contributed by atoms with Gasteiger partial charge < -0.3 is 19.3 Å². The molecule has 1 saturated heterocycles. The molecule has 1 fully saturated rings. The van der Waals surface area contributed by atoms with Crippen molar-refractivity contribution in [1.82, 2.24) is 4.90 Å². The Morgan fingerprint density at radius 1 is 1.07 bits per heavy atom. The van der Waals surface area contributed by atoms with Gasteiger partial charge in [-0.15, -0.1) is 0 Å². The Balaban J connectivity index is 1.94. The van der Waals surface area contributed by atoms with Gasteiger partial charge in [0.05, 0.1) is 33.5 Å². The first-order chi connectivity index (χ1) is 13.2. The number of aryl methyl sites for hydroxylation is 1. The van der Waals surface area contributed by atoms with Gasteiger partial charge in [0.15, 0.2) is 11.5 Å². The van der Waals surface area contributed by atoms with Crippen LogP contribution in [0, 0.1) is 0 Å². The Morgan fingerprint density at radius 2 is 1.81 bits per heavy atom. The molecule has 2 aromatic carbocycles. The molecule has 2 atom stereocenters. The number of hydrogen-bond acceptors (Lipinski definition) is 5. The molecule has 0 spiro atoms. The quantitative estimate of drug-likeness (QED) is 0.810. The fourth-order valence-electron chi connectivity index (χ4n) is 3.85. The molecule has 0 radical (unpaired) electrons. The van der Waals surface area contributed by atoms with E-state index in [1.54, 1.807) is 14.2 Å². The van der Waals surface area contributed by atoms with E-state index in [1.807, 2.05) is 18.2 Å². The molecule has 27 heavy (non-hydrogen) atoms. The fourth-order valence-corrected chi connectivity index (χ4v) is 3.85. The Morgan fingerprint density at radius 3 is 2.48 bits per heavy atom. The molecule has 146 valence electrons. The average molecular weight is 371 g/mol. The Hall–Kier alpha value is -2.08. The molecule has 0 aromatic heterocycles. The minimum atomic E-state index is -0.273. The van der Waals surface area contributed by atoms with Crippen LogP contribution in [0.5, 0.6) is 11.5 Å². The van der Waals surface area contributed by atoms with Gasteiger partial charge in [-0.05, 0) is 35.2 Å². The van der Waals surface area contributed by atoms with Crippen LogP contribution < -0.4 is 9.47 Å². The van der Waals surface area contributed by atoms with Gasteiger partial charge in [0, 0.05) is 13.1 Å². The van der Waals surface area contributed by atoms with E-state index in [0.717, 1.165) is 25.1 Å². The first-order valence-corrected chi connectivity index (χ1v) is 9.47. The summed E-state index contributed by atoms with van der Waals surface area (Å²) < 4.78 is 16.7. The van der Waals surface area contributed by atoms with Crippen molar-refractivity contribution in [3.05, 3.63) is 59.2 Å². The molecular weight excluding hydrogens is 342 g/mol. The smallest absolute Gasteiger partial charge is 0.161 e. The van der Waals surface area contributed by atoms with Gasteiger partial charge in [-0.1, -0.05) is 37.3 Å². The van der Waals surface area contributed by atoms with Crippen LogP contribution in [0.3, 0.4) is 0 Å². The summed E-state index contributed by atoms with van der Waals surface area (Å²) in [5, 5.41) is 9.93. The molecule has 5 nitrogen and oxygen atoms in total. The minimum absolute atomic E-state index is 0.0229. The molecule has 0 unspecified atom stereocenters. The van der Waals surface area contributed by atoms with Crippen molar-refractivity contribution < 1.29 is 19.3 Å². The molecule has 3 rings (SSSR count). The molecule has 2 aromatic rings. The summed E-state index contributed by atoms with van der Waals surface area (Å²) in [5.74, 6) is 1.38. The Labute approximate surface area is 161 Å². The second-order valence-electron chi connectivity index (χ2n) is 6.74. The Kier molecular flexibility index (Phi) is 6.72. The van der Waals surface area contributed by atoms with Crippen LogP contribution in [0.15, 0.2) is 42.5 Å². The maximum absolute atomic E-state index is 9.93. The van der Waals surface area contributed by atoms with Crippen LogP contribution in [0.1, 0.15) is 29.7 Å². The first-order valence-electron chi connectivity index (χ1n) is 9.47. The van der Waals surface area contributed by atoms with Gasteiger partial charge >= 0.3 is 0 Å². The van der Waals surface area contributed by atoms with Crippen LogP contribution in [-0.4, -0.2) is 50.1 Å². The first kappa shape index (κ1) is 19.7. The third-order valence-electron chi connectivity index (χ3n) is 5.26. The zero-order valence-electron chi connectivity index (χ0n) is 16.4. The number of methoxy groups -OCH3 is 2. The van der Waals surface area contributed by atoms with Crippen molar-refractivity contribution in [3.8, 4) is 11.5 Å². The third kappa shape index (κ3) is 4.26. The summed E-state index contributed by atoms with van der Waals surface area (Å²) in [6, 6.07) is 14.4. The normalized spacial score (nSPS) is 20.4. The standard InChI is InChI=1S/C22H29NO4/c1-4-16-7-5-6-8-18(16)14-23-11-12-27-21(15-24)22(23)17-9-10-19(25-2)20(13-17)26-3/h5-10,13,21-22,24H,4,11-12,14-15H2,1-3H3/t21-,22-/m1/s1. The lowest BCUT2D eigenvalue weighted by Crippen LogP contribution is -2.46. The lowest BCUT2D eigenvalue weighted by atomic mass is 9.96. The third-order valence-corrected chi connectivity index (χ3v) is 5.26. The summed E-state index contributed by atoms with van der Waals surface area (Å²) in [7, 11) is 3.27. The van der Waals surface area contributed by atoms with E-state index < -0.39 is 0 Å². The predicted octanol–water partition coefficient (Wildman–Crippen LogP) is 3.20. The summed E-state index contributed by atoms with van der Waals surface area (Å²) in [5.41, 5.74) is 3.74. The predicted molar refractivity (Wildman–Crippen MR) is 105 cm³/mol. The highest BCUT2D eigenvalue weighted by atomic mass is 16.5. The molecule has 5 heteroatoms. The topological polar surface area (TPSA) is 51.2 Å². The van der Waals surface area contributed by atoms with Crippen molar-refractivity contribution in [2.24, 2.45) is 0 Å². The van der Waals surface area contributed by atoms with Crippen LogP contribution in [0.4, 0.5) is 0 Å². The zero-order valence-corrected chi connectivity index (χ0v) is 16.4. The van der Waals surface area contributed by atoms with Gasteiger partial charge in [-0.2, -0.15) is 0 Å². The summed E-state index contributed by atoms with van der Waals surface area (Å²) >= 11 is 0. The molecule has 1 aliphatic heterocycles. The number of aliphatic hydroxyl groups is 1. The average Bonchev–Trinajstić information content (AvgIpc) is 2.73. The number of ether oxygens (including phenoxy) is 3. The van der Waals surface area contributed by atoms with E-state index in [1.165, 1.54) is 11.1 Å². The van der Waals surface area contributed by atoms with Crippen molar-refractivity contribution >= 4 is 0 Å². The van der Waals surface area contributed by atoms with Crippen LogP contribution >= 0.6 is 0 Å². The second-order valence-corrected chi connectivity index (χ2v) is 6.74. The van der Waals surface area contributed by atoms with E-state index in [9.17, 15) is 5.11 Å². The van der Waals surface area contributed by atoms with Crippen LogP contribution in [0.25, 0.3) is 0 Å². The highest BCUT2D eigenvalue weighted by Crippen LogP contribution is 2.36. The van der Waals surface area contributed by atoms with Crippen molar-refractivity contribution in [3.63, 3.8) is 0 Å². The van der Waals surface area contributed by atoms with E-state index in [4.69, 9.17) is 14.2 Å². The highest BCUT2D eigenvalue weighted by Gasteiger charge is 2.34. The Bertz CT molecular complexity index is 749. The molecule has 1 aliphatic rings. The van der Waals surface area contributed by atoms with E-state index in [0.29, 0.717) is 18.1 Å². The molecule has 0 aliphatic carbocycles. The van der Waals surface area contributed by atoms with Gasteiger partial charge in [-0.3, -0.25) is 4.90 Å². The zero-order chi connectivity index (χ0) is 19.2. The van der Waals surface area contributed by atoms with Crippen molar-refractivity contribution in [2.45, 2.75) is 32.0 Å². The summed E-state index contributed by atoms with van der Waals surface area (Å²) in [4.78, 5) is 2.39. The lowest BCUT2D eigenvalue weighted by Gasteiger charge is -2.41. The van der Waals surface area contributed by atoms with Gasteiger partial charge in [0.1, 0.15) is 6.10 Å². The van der Waals surface area contributed by atoms with Crippen molar-refractivity contribution in [1.29, 1.82) is 0 Å². The van der Waals surface area contributed by atoms with Gasteiger partial charge in [-0.25, -0.2) is 0 Å². The molecule has 0 amide bonds. The maximum atomic E-state index is 9.93. The van der Waals surface area contributed by atoms with E-state index >= 15 is 0 Å². The van der Waals surface area contributed by atoms with E-state index in [-0.39, 0.29) is 18.8 Å². The summed E-state index contributed by atoms with van der Waals surface area (Å²) in [6.45, 7) is 4.41. The van der Waals surface area contributed by atoms with Crippen LogP contribution in [-0.2, 0) is 17.7 Å². The number of nitrogens with zero attached hydrogens (tertiary/aromatic N) is 1. The molecule has 1 heterocycles. The molecular formula is C22H29NO4. The number of rotatable bonds is 7. The number of benzene rings is 2. The maximum Gasteiger partial charge on any atom is 0.161 e. The minimum Gasteiger partial charge on any atom is -0.493 e. The second kappa shape index (κ2) is 9.22. The molecule has 0 bridgehead atoms. The highest BCUT2D eigenvalue weighted by molar-refractivity contribution is 5.44. The van der Waals surface area contributed by atoms with Gasteiger partial charge in [0.25, 0.3) is 0 Å². The van der Waals surface area contributed by atoms with E-state index in [2.05, 4.69) is 36.1 Å².